The van der Waals surface area contributed by atoms with Crippen LogP contribution in [-0.2, 0) is 12.8 Å². The molecule has 1 aromatic carbocycles. The van der Waals surface area contributed by atoms with Gasteiger partial charge in [-0.05, 0) is 31.2 Å². The number of furan rings is 1. The molecule has 27 heavy (non-hydrogen) atoms. The number of aryl methyl sites for hydroxylation is 2. The van der Waals surface area contributed by atoms with E-state index in [2.05, 4.69) is 15.3 Å². The number of nitrogens with one attached hydrogen (secondary N) is 1. The largest absolute Gasteiger partial charge is 0.455 e. The molecule has 0 spiro atoms. The van der Waals surface area contributed by atoms with E-state index in [4.69, 9.17) is 4.42 Å². The van der Waals surface area contributed by atoms with Gasteiger partial charge in [0.05, 0.1) is 17.0 Å². The summed E-state index contributed by atoms with van der Waals surface area (Å²) in [5, 5.41) is 4.78. The lowest BCUT2D eigenvalue weighted by atomic mass is 10.1. The van der Waals surface area contributed by atoms with Crippen molar-refractivity contribution < 1.29 is 9.21 Å². The molecule has 3 heterocycles. The molecule has 0 fully saturated rings. The highest BCUT2D eigenvalue weighted by Gasteiger charge is 2.14. The summed E-state index contributed by atoms with van der Waals surface area (Å²) >= 11 is 1.56. The van der Waals surface area contributed by atoms with Gasteiger partial charge in [0, 0.05) is 30.5 Å². The summed E-state index contributed by atoms with van der Waals surface area (Å²) in [6, 6.07) is 13.2. The van der Waals surface area contributed by atoms with Crippen molar-refractivity contribution in [2.75, 3.05) is 5.32 Å². The Morgan fingerprint density at radius 2 is 2.11 bits per heavy atom. The molecular formula is C20H18N4O2S. The number of fused-ring (bicyclic) bond motifs is 1. The van der Waals surface area contributed by atoms with Gasteiger partial charge in [-0.1, -0.05) is 30.0 Å². The van der Waals surface area contributed by atoms with Crippen molar-refractivity contribution in [1.82, 2.24) is 14.5 Å². The van der Waals surface area contributed by atoms with Crippen LogP contribution in [0.1, 0.15) is 22.0 Å². The predicted molar refractivity (Wildman–Crippen MR) is 106 cm³/mol. The molecule has 1 amide bonds. The second-order valence-electron chi connectivity index (χ2n) is 6.16. The molecule has 0 aliphatic heterocycles. The summed E-state index contributed by atoms with van der Waals surface area (Å²) in [6.07, 6.45) is 3.65. The minimum Gasteiger partial charge on any atom is -0.455 e. The van der Waals surface area contributed by atoms with Crippen molar-refractivity contribution >= 4 is 34.3 Å². The van der Waals surface area contributed by atoms with Crippen LogP contribution in [0.25, 0.3) is 10.9 Å². The summed E-state index contributed by atoms with van der Waals surface area (Å²) in [5.41, 5.74) is 2.33. The first-order valence-electron chi connectivity index (χ1n) is 8.47. The molecule has 1 N–H and O–H groups in total. The molecule has 0 radical (unpaired) electrons. The van der Waals surface area contributed by atoms with Crippen molar-refractivity contribution in [2.45, 2.75) is 17.8 Å². The van der Waals surface area contributed by atoms with E-state index >= 15 is 0 Å². The standard InChI is InChI=1S/C20H18N4O2S/c1-13-6-7-14-4-3-5-16(18(14)22-13)23-19(25)17-9-8-15(26-17)12-27-20-21-10-11-24(20)2/h3-11H,12H2,1-2H3,(H,23,25). The number of benzene rings is 1. The molecule has 4 rings (SSSR count). The topological polar surface area (TPSA) is 73.0 Å². The lowest BCUT2D eigenvalue weighted by Gasteiger charge is -2.07. The third-order valence-corrected chi connectivity index (χ3v) is 5.19. The molecule has 3 aromatic heterocycles. The van der Waals surface area contributed by atoms with E-state index in [-0.39, 0.29) is 11.7 Å². The van der Waals surface area contributed by atoms with Crippen LogP contribution >= 0.6 is 11.8 Å². The third kappa shape index (κ3) is 3.73. The monoisotopic (exact) mass is 378 g/mol. The lowest BCUT2D eigenvalue weighted by molar-refractivity contribution is 0.0995. The Bertz CT molecular complexity index is 1120. The number of anilines is 1. The van der Waals surface area contributed by atoms with Crippen molar-refractivity contribution in [3.8, 4) is 0 Å². The Morgan fingerprint density at radius 1 is 1.22 bits per heavy atom. The quantitative estimate of drug-likeness (QED) is 0.521. The average molecular weight is 378 g/mol. The molecule has 136 valence electrons. The van der Waals surface area contributed by atoms with Gasteiger partial charge < -0.3 is 14.3 Å². The highest BCUT2D eigenvalue weighted by atomic mass is 32.2. The number of imidazole rings is 1. The number of carbonyl (C=O) groups excluding carboxylic acids is 1. The number of thioether (sulfide) groups is 1. The molecule has 0 aliphatic rings. The Hall–Kier alpha value is -3.06. The van der Waals surface area contributed by atoms with Crippen LogP contribution in [0.5, 0.6) is 0 Å². The molecule has 0 aliphatic carbocycles. The average Bonchev–Trinajstić information content (AvgIpc) is 3.29. The van der Waals surface area contributed by atoms with E-state index in [0.717, 1.165) is 27.5 Å². The van der Waals surface area contributed by atoms with Gasteiger partial charge in [0.25, 0.3) is 5.91 Å². The van der Waals surface area contributed by atoms with Crippen LogP contribution in [-0.4, -0.2) is 20.4 Å². The second kappa shape index (κ2) is 7.28. The summed E-state index contributed by atoms with van der Waals surface area (Å²) in [5.74, 6) is 1.31. The van der Waals surface area contributed by atoms with Gasteiger partial charge in [-0.15, -0.1) is 0 Å². The number of amides is 1. The van der Waals surface area contributed by atoms with Gasteiger partial charge in [0.2, 0.25) is 0 Å². The first-order chi connectivity index (χ1) is 13.1. The second-order valence-corrected chi connectivity index (χ2v) is 7.10. The third-order valence-electron chi connectivity index (χ3n) is 4.11. The SMILES string of the molecule is Cc1ccc2cccc(NC(=O)c3ccc(CSc4nccn4C)o3)c2n1. The number of hydrogen-bond acceptors (Lipinski definition) is 5. The molecule has 0 atom stereocenters. The van der Waals surface area contributed by atoms with E-state index in [1.807, 2.05) is 61.1 Å². The van der Waals surface area contributed by atoms with Crippen LogP contribution in [0, 0.1) is 6.92 Å². The van der Waals surface area contributed by atoms with E-state index in [1.54, 1.807) is 24.0 Å². The number of rotatable bonds is 5. The fourth-order valence-electron chi connectivity index (χ4n) is 2.73. The predicted octanol–water partition coefficient (Wildman–Crippen LogP) is 4.41. The molecule has 0 saturated heterocycles. The van der Waals surface area contributed by atoms with Crippen LogP contribution in [0.2, 0.25) is 0 Å². The molecule has 4 aromatic rings. The number of carbonyl (C=O) groups is 1. The number of pyridine rings is 1. The Balaban J connectivity index is 1.49. The smallest absolute Gasteiger partial charge is 0.291 e. The highest BCUT2D eigenvalue weighted by Crippen LogP contribution is 2.24. The van der Waals surface area contributed by atoms with Crippen molar-refractivity contribution in [2.24, 2.45) is 7.05 Å². The van der Waals surface area contributed by atoms with Gasteiger partial charge in [0.15, 0.2) is 10.9 Å². The zero-order valence-electron chi connectivity index (χ0n) is 15.0. The van der Waals surface area contributed by atoms with Crippen LogP contribution in [0.3, 0.4) is 0 Å². The zero-order chi connectivity index (χ0) is 18.8. The fourth-order valence-corrected chi connectivity index (χ4v) is 3.56. The first kappa shape index (κ1) is 17.4. The van der Waals surface area contributed by atoms with Gasteiger partial charge in [-0.3, -0.25) is 9.78 Å². The molecule has 0 saturated carbocycles. The summed E-state index contributed by atoms with van der Waals surface area (Å²) < 4.78 is 7.64. The maximum Gasteiger partial charge on any atom is 0.291 e. The molecular weight excluding hydrogens is 360 g/mol. The maximum atomic E-state index is 12.6. The van der Waals surface area contributed by atoms with E-state index in [0.29, 0.717) is 11.4 Å². The van der Waals surface area contributed by atoms with Crippen molar-refractivity contribution in [1.29, 1.82) is 0 Å². The fraction of sp³-hybridized carbons (Fsp3) is 0.150. The number of para-hydroxylation sites is 1. The lowest BCUT2D eigenvalue weighted by Crippen LogP contribution is -2.11. The van der Waals surface area contributed by atoms with E-state index in [9.17, 15) is 4.79 Å². The number of hydrogen-bond donors (Lipinski definition) is 1. The van der Waals surface area contributed by atoms with Gasteiger partial charge in [-0.2, -0.15) is 0 Å². The normalized spacial score (nSPS) is 11.0. The first-order valence-corrected chi connectivity index (χ1v) is 9.45. The molecule has 7 heteroatoms. The zero-order valence-corrected chi connectivity index (χ0v) is 15.8. The summed E-state index contributed by atoms with van der Waals surface area (Å²) in [4.78, 5) is 21.4. The van der Waals surface area contributed by atoms with Gasteiger partial charge in [0.1, 0.15) is 5.76 Å². The minimum absolute atomic E-state index is 0.273. The van der Waals surface area contributed by atoms with Crippen molar-refractivity contribution in [3.63, 3.8) is 0 Å². The van der Waals surface area contributed by atoms with Crippen LogP contribution in [0.4, 0.5) is 5.69 Å². The summed E-state index contributed by atoms with van der Waals surface area (Å²) in [6.45, 7) is 1.93. The highest BCUT2D eigenvalue weighted by molar-refractivity contribution is 7.98. The molecule has 0 unspecified atom stereocenters. The maximum absolute atomic E-state index is 12.6. The number of aromatic nitrogens is 3. The van der Waals surface area contributed by atoms with Crippen LogP contribution in [0.15, 0.2) is 64.4 Å². The molecule has 6 nitrogen and oxygen atoms in total. The van der Waals surface area contributed by atoms with Crippen LogP contribution < -0.4 is 5.32 Å². The van der Waals surface area contributed by atoms with E-state index < -0.39 is 0 Å². The molecule has 0 bridgehead atoms. The van der Waals surface area contributed by atoms with E-state index in [1.165, 1.54) is 0 Å². The Labute approximate surface area is 160 Å². The van der Waals surface area contributed by atoms with Gasteiger partial charge >= 0.3 is 0 Å². The van der Waals surface area contributed by atoms with Gasteiger partial charge in [-0.25, -0.2) is 4.98 Å². The minimum atomic E-state index is -0.293. The Kier molecular flexibility index (Phi) is 4.68. The number of nitrogens with zero attached hydrogens (tertiary/aromatic N) is 3. The van der Waals surface area contributed by atoms with Crippen molar-refractivity contribution in [3.05, 3.63) is 72.1 Å². The Morgan fingerprint density at radius 3 is 2.93 bits per heavy atom. The summed E-state index contributed by atoms with van der Waals surface area (Å²) in [7, 11) is 1.94.